The molecule has 0 aliphatic heterocycles. The zero-order chi connectivity index (χ0) is 14.7. The quantitative estimate of drug-likeness (QED) is 0.621. The molecule has 0 aliphatic carbocycles. The van der Waals surface area contributed by atoms with Crippen LogP contribution in [0.4, 0.5) is 5.82 Å². The molecule has 0 amide bonds. The minimum Gasteiger partial charge on any atom is -0.489 e. The van der Waals surface area contributed by atoms with Gasteiger partial charge in [0.2, 0.25) is 0 Å². The number of ether oxygens (including phenoxy) is 1. The van der Waals surface area contributed by atoms with Gasteiger partial charge in [-0.25, -0.2) is 9.55 Å². The monoisotopic (exact) mass is 275 g/mol. The lowest BCUT2D eigenvalue weighted by atomic mass is 10.1. The molecule has 1 aromatic carbocycles. The topological polar surface area (TPSA) is 70.2 Å². The Morgan fingerprint density at radius 1 is 1.35 bits per heavy atom. The molecule has 2 aromatic rings. The van der Waals surface area contributed by atoms with Crippen LogP contribution in [-0.2, 0) is 6.54 Å². The number of hydrogen-bond donors (Lipinski definition) is 0. The molecular formula is C14H17N3O3. The number of hydrogen-bond acceptors (Lipinski definition) is 4. The van der Waals surface area contributed by atoms with Crippen LogP contribution in [0, 0.1) is 30.9 Å². The van der Waals surface area contributed by atoms with Crippen LogP contribution in [-0.4, -0.2) is 21.1 Å². The third-order valence-corrected chi connectivity index (χ3v) is 3.14. The highest BCUT2D eigenvalue weighted by atomic mass is 16.6. The molecule has 0 radical (unpaired) electrons. The summed E-state index contributed by atoms with van der Waals surface area (Å²) < 4.78 is 7.26. The first-order valence-electron chi connectivity index (χ1n) is 6.35. The number of benzene rings is 1. The molecule has 2 rings (SSSR count). The van der Waals surface area contributed by atoms with E-state index in [4.69, 9.17) is 4.74 Å². The van der Waals surface area contributed by atoms with E-state index in [1.807, 2.05) is 32.0 Å². The van der Waals surface area contributed by atoms with Gasteiger partial charge in [-0.1, -0.05) is 12.1 Å². The zero-order valence-corrected chi connectivity index (χ0v) is 11.8. The Kier molecular flexibility index (Phi) is 4.02. The highest BCUT2D eigenvalue weighted by molar-refractivity contribution is 5.35. The molecule has 0 unspecified atom stereocenters. The van der Waals surface area contributed by atoms with Crippen LogP contribution in [0.25, 0.3) is 0 Å². The van der Waals surface area contributed by atoms with Gasteiger partial charge in [-0.2, -0.15) is 0 Å². The maximum atomic E-state index is 10.9. The second kappa shape index (κ2) is 5.73. The van der Waals surface area contributed by atoms with E-state index in [2.05, 4.69) is 4.98 Å². The summed E-state index contributed by atoms with van der Waals surface area (Å²) in [7, 11) is 0. The standard InChI is InChI=1S/C14H17N3O3/c1-10-4-5-11(2)13(8-10)20-7-6-16-12(3)15-9-14(16)17(18)19/h4-5,8-9H,6-7H2,1-3H3. The molecule has 0 atom stereocenters. The Morgan fingerprint density at radius 3 is 2.80 bits per heavy atom. The van der Waals surface area contributed by atoms with E-state index in [-0.39, 0.29) is 5.82 Å². The Morgan fingerprint density at radius 2 is 2.10 bits per heavy atom. The van der Waals surface area contributed by atoms with Crippen molar-refractivity contribution in [2.75, 3.05) is 6.61 Å². The summed E-state index contributed by atoms with van der Waals surface area (Å²) in [6.45, 7) is 6.47. The second-order valence-corrected chi connectivity index (χ2v) is 4.69. The van der Waals surface area contributed by atoms with Gasteiger partial charge in [0.05, 0.1) is 0 Å². The molecule has 0 fully saturated rings. The molecular weight excluding hydrogens is 258 g/mol. The molecule has 0 N–H and O–H groups in total. The van der Waals surface area contributed by atoms with Crippen LogP contribution in [0.15, 0.2) is 24.4 Å². The Balaban J connectivity index is 2.05. The van der Waals surface area contributed by atoms with E-state index in [9.17, 15) is 10.1 Å². The molecule has 0 spiro atoms. The van der Waals surface area contributed by atoms with Gasteiger partial charge >= 0.3 is 5.82 Å². The zero-order valence-electron chi connectivity index (χ0n) is 11.8. The first-order chi connectivity index (χ1) is 9.49. The van der Waals surface area contributed by atoms with Crippen molar-refractivity contribution < 1.29 is 9.66 Å². The molecule has 6 heteroatoms. The lowest BCUT2D eigenvalue weighted by Gasteiger charge is -2.09. The molecule has 6 nitrogen and oxygen atoms in total. The van der Waals surface area contributed by atoms with E-state index in [1.165, 1.54) is 6.20 Å². The first kappa shape index (κ1) is 14.0. The first-order valence-corrected chi connectivity index (χ1v) is 6.35. The Hall–Kier alpha value is -2.37. The number of nitro groups is 1. The largest absolute Gasteiger partial charge is 0.489 e. The number of aromatic nitrogens is 2. The highest BCUT2D eigenvalue weighted by Crippen LogP contribution is 2.19. The third kappa shape index (κ3) is 2.96. The lowest BCUT2D eigenvalue weighted by Crippen LogP contribution is -2.12. The Bertz CT molecular complexity index is 635. The summed E-state index contributed by atoms with van der Waals surface area (Å²) >= 11 is 0. The van der Waals surface area contributed by atoms with E-state index in [1.54, 1.807) is 11.5 Å². The van der Waals surface area contributed by atoms with Crippen LogP contribution < -0.4 is 4.74 Å². The molecule has 0 saturated heterocycles. The van der Waals surface area contributed by atoms with Crippen molar-refractivity contribution in [3.8, 4) is 5.75 Å². The number of nitrogens with zero attached hydrogens (tertiary/aromatic N) is 3. The van der Waals surface area contributed by atoms with Gasteiger partial charge < -0.3 is 14.9 Å². The van der Waals surface area contributed by atoms with E-state index >= 15 is 0 Å². The minimum absolute atomic E-state index is 0.00735. The predicted molar refractivity (Wildman–Crippen MR) is 75.0 cm³/mol. The molecule has 20 heavy (non-hydrogen) atoms. The summed E-state index contributed by atoms with van der Waals surface area (Å²) in [6, 6.07) is 5.98. The fraction of sp³-hybridized carbons (Fsp3) is 0.357. The summed E-state index contributed by atoms with van der Waals surface area (Å²) in [5.41, 5.74) is 2.17. The van der Waals surface area contributed by atoms with Crippen molar-refractivity contribution in [2.45, 2.75) is 27.3 Å². The second-order valence-electron chi connectivity index (χ2n) is 4.69. The number of aryl methyl sites for hydroxylation is 3. The highest BCUT2D eigenvalue weighted by Gasteiger charge is 2.17. The van der Waals surface area contributed by atoms with Crippen LogP contribution in [0.2, 0.25) is 0 Å². The SMILES string of the molecule is Cc1ccc(C)c(OCCn2c([N+](=O)[O-])cnc2C)c1. The van der Waals surface area contributed by atoms with E-state index in [0.717, 1.165) is 16.9 Å². The minimum atomic E-state index is -0.433. The van der Waals surface area contributed by atoms with Gasteiger partial charge in [-0.15, -0.1) is 0 Å². The van der Waals surface area contributed by atoms with Crippen LogP contribution >= 0.6 is 0 Å². The third-order valence-electron chi connectivity index (χ3n) is 3.14. The fourth-order valence-electron chi connectivity index (χ4n) is 1.99. The van der Waals surface area contributed by atoms with Crippen molar-refractivity contribution in [3.05, 3.63) is 51.5 Å². The molecule has 106 valence electrons. The van der Waals surface area contributed by atoms with Gasteiger partial charge in [0, 0.05) is 6.92 Å². The molecule has 0 saturated carbocycles. The average molecular weight is 275 g/mol. The predicted octanol–water partition coefficient (Wildman–Crippen LogP) is 2.80. The van der Waals surface area contributed by atoms with Crippen LogP contribution in [0.5, 0.6) is 5.75 Å². The van der Waals surface area contributed by atoms with Crippen molar-refractivity contribution in [3.63, 3.8) is 0 Å². The van der Waals surface area contributed by atoms with Crippen molar-refractivity contribution >= 4 is 5.82 Å². The van der Waals surface area contributed by atoms with Gasteiger partial charge in [0.1, 0.15) is 25.1 Å². The van der Waals surface area contributed by atoms with Gasteiger partial charge in [0.25, 0.3) is 0 Å². The molecule has 0 bridgehead atoms. The van der Waals surface area contributed by atoms with Crippen LogP contribution in [0.3, 0.4) is 0 Å². The van der Waals surface area contributed by atoms with Crippen molar-refractivity contribution in [2.24, 2.45) is 0 Å². The molecule has 1 heterocycles. The van der Waals surface area contributed by atoms with Crippen molar-refractivity contribution in [1.82, 2.24) is 9.55 Å². The molecule has 1 aromatic heterocycles. The number of rotatable bonds is 5. The maximum absolute atomic E-state index is 10.9. The lowest BCUT2D eigenvalue weighted by molar-refractivity contribution is -0.392. The summed E-state index contributed by atoms with van der Waals surface area (Å²) in [5.74, 6) is 1.42. The summed E-state index contributed by atoms with van der Waals surface area (Å²) in [4.78, 5) is 14.4. The summed E-state index contributed by atoms with van der Waals surface area (Å²) in [5, 5.41) is 10.9. The van der Waals surface area contributed by atoms with Gasteiger partial charge in [-0.05, 0) is 36.0 Å². The van der Waals surface area contributed by atoms with Crippen LogP contribution in [0.1, 0.15) is 17.0 Å². The fourth-order valence-corrected chi connectivity index (χ4v) is 1.99. The van der Waals surface area contributed by atoms with Gasteiger partial charge in [0.15, 0.2) is 5.82 Å². The van der Waals surface area contributed by atoms with Crippen molar-refractivity contribution in [1.29, 1.82) is 0 Å². The number of imidazole rings is 1. The average Bonchev–Trinajstić information content (AvgIpc) is 2.75. The summed E-state index contributed by atoms with van der Waals surface area (Å²) in [6.07, 6.45) is 1.27. The van der Waals surface area contributed by atoms with E-state index < -0.39 is 4.92 Å². The van der Waals surface area contributed by atoms with Gasteiger partial charge in [-0.3, -0.25) is 0 Å². The van der Waals surface area contributed by atoms with E-state index in [0.29, 0.717) is 19.0 Å². The normalized spacial score (nSPS) is 10.6. The Labute approximate surface area is 117 Å². The smallest absolute Gasteiger partial charge is 0.342 e. The maximum Gasteiger partial charge on any atom is 0.342 e. The molecule has 0 aliphatic rings.